The Labute approximate surface area is 138 Å². The molecule has 0 rings (SSSR count). The fourth-order valence-electron chi connectivity index (χ4n) is 2.67. The molecule has 22 heavy (non-hydrogen) atoms. The van der Waals surface area contributed by atoms with Crippen molar-refractivity contribution >= 4 is 5.97 Å². The molecule has 0 saturated carbocycles. The molecule has 2 unspecified atom stereocenters. The van der Waals surface area contributed by atoms with Crippen molar-refractivity contribution in [2.45, 2.75) is 100 Å². The summed E-state index contributed by atoms with van der Waals surface area (Å²) in [6.07, 6.45) is 2.08. The van der Waals surface area contributed by atoms with Gasteiger partial charge in [0.2, 0.25) is 0 Å². The highest BCUT2D eigenvalue weighted by Crippen LogP contribution is 2.38. The number of esters is 1. The zero-order valence-corrected chi connectivity index (χ0v) is 16.4. The SMILES string of the molecule is CC(=O)OC(CC(C)(C)C(CC(C)(C)C)OC(C)C)C(C)C. The third kappa shape index (κ3) is 8.77. The van der Waals surface area contributed by atoms with Crippen molar-refractivity contribution in [3.63, 3.8) is 0 Å². The Morgan fingerprint density at radius 3 is 1.77 bits per heavy atom. The van der Waals surface area contributed by atoms with Gasteiger partial charge < -0.3 is 9.47 Å². The van der Waals surface area contributed by atoms with Gasteiger partial charge >= 0.3 is 5.97 Å². The molecule has 0 aromatic carbocycles. The minimum absolute atomic E-state index is 0.0536. The van der Waals surface area contributed by atoms with Crippen molar-refractivity contribution in [2.75, 3.05) is 0 Å². The van der Waals surface area contributed by atoms with Gasteiger partial charge in [-0.25, -0.2) is 0 Å². The smallest absolute Gasteiger partial charge is 0.302 e. The molecule has 0 aromatic heterocycles. The summed E-state index contributed by atoms with van der Waals surface area (Å²) < 4.78 is 11.8. The lowest BCUT2D eigenvalue weighted by Crippen LogP contribution is -2.41. The van der Waals surface area contributed by atoms with E-state index >= 15 is 0 Å². The van der Waals surface area contributed by atoms with E-state index in [1.165, 1.54) is 6.92 Å². The van der Waals surface area contributed by atoms with Gasteiger partial charge in [-0.05, 0) is 43.4 Å². The lowest BCUT2D eigenvalue weighted by atomic mass is 9.73. The third-order valence-electron chi connectivity index (χ3n) is 3.89. The second-order valence-corrected chi connectivity index (χ2v) is 9.02. The van der Waals surface area contributed by atoms with Crippen LogP contribution in [0.5, 0.6) is 0 Å². The number of carbonyl (C=O) groups is 1. The van der Waals surface area contributed by atoms with Crippen LogP contribution in [0.25, 0.3) is 0 Å². The van der Waals surface area contributed by atoms with E-state index in [2.05, 4.69) is 62.3 Å². The van der Waals surface area contributed by atoms with Crippen molar-refractivity contribution < 1.29 is 14.3 Å². The quantitative estimate of drug-likeness (QED) is 0.576. The molecule has 0 aliphatic heterocycles. The monoisotopic (exact) mass is 314 g/mol. The molecule has 0 radical (unpaired) electrons. The summed E-state index contributed by atoms with van der Waals surface area (Å²) in [4.78, 5) is 11.4. The van der Waals surface area contributed by atoms with E-state index in [4.69, 9.17) is 9.47 Å². The topological polar surface area (TPSA) is 35.5 Å². The van der Waals surface area contributed by atoms with E-state index < -0.39 is 0 Å². The van der Waals surface area contributed by atoms with Gasteiger partial charge in [0.25, 0.3) is 0 Å². The summed E-state index contributed by atoms with van der Waals surface area (Å²) in [6.45, 7) is 21.0. The van der Waals surface area contributed by atoms with Crippen LogP contribution in [0, 0.1) is 16.7 Å². The van der Waals surface area contributed by atoms with E-state index in [1.54, 1.807) is 0 Å². The highest BCUT2D eigenvalue weighted by molar-refractivity contribution is 5.66. The summed E-state index contributed by atoms with van der Waals surface area (Å²) in [6, 6.07) is 0. The minimum Gasteiger partial charge on any atom is -0.462 e. The minimum atomic E-state index is -0.202. The van der Waals surface area contributed by atoms with Gasteiger partial charge in [0.15, 0.2) is 0 Å². The van der Waals surface area contributed by atoms with Crippen molar-refractivity contribution in [1.82, 2.24) is 0 Å². The van der Waals surface area contributed by atoms with E-state index in [-0.39, 0.29) is 35.1 Å². The summed E-state index contributed by atoms with van der Waals surface area (Å²) in [5, 5.41) is 0. The second-order valence-electron chi connectivity index (χ2n) is 9.02. The molecule has 0 saturated heterocycles. The van der Waals surface area contributed by atoms with Crippen molar-refractivity contribution in [1.29, 1.82) is 0 Å². The number of ether oxygens (including phenoxy) is 2. The molecule has 0 fully saturated rings. The molecular formula is C19H38O3. The van der Waals surface area contributed by atoms with Gasteiger partial charge in [0.1, 0.15) is 6.10 Å². The lowest BCUT2D eigenvalue weighted by Gasteiger charge is -2.41. The van der Waals surface area contributed by atoms with Crippen LogP contribution in [0.4, 0.5) is 0 Å². The summed E-state index contributed by atoms with van der Waals surface area (Å²) >= 11 is 0. The van der Waals surface area contributed by atoms with Crippen LogP contribution < -0.4 is 0 Å². The number of hydrogen-bond donors (Lipinski definition) is 0. The third-order valence-corrected chi connectivity index (χ3v) is 3.89. The maximum atomic E-state index is 11.4. The predicted octanol–water partition coefficient (Wildman–Crippen LogP) is 5.22. The van der Waals surface area contributed by atoms with Gasteiger partial charge in [-0.2, -0.15) is 0 Å². The summed E-state index contributed by atoms with van der Waals surface area (Å²) in [5.74, 6) is 0.101. The lowest BCUT2D eigenvalue weighted by molar-refractivity contribution is -0.153. The fraction of sp³-hybridized carbons (Fsp3) is 0.947. The average Bonchev–Trinajstić information content (AvgIpc) is 2.23. The Kier molecular flexibility index (Phi) is 8.11. The molecule has 3 heteroatoms. The van der Waals surface area contributed by atoms with Crippen LogP contribution in [-0.2, 0) is 14.3 Å². The van der Waals surface area contributed by atoms with Gasteiger partial charge in [-0.15, -0.1) is 0 Å². The fourth-order valence-corrected chi connectivity index (χ4v) is 2.67. The molecule has 2 atom stereocenters. The molecule has 0 amide bonds. The van der Waals surface area contributed by atoms with E-state index in [9.17, 15) is 4.79 Å². The second kappa shape index (κ2) is 8.33. The van der Waals surface area contributed by atoms with Gasteiger partial charge in [-0.3, -0.25) is 4.79 Å². The normalized spacial score (nSPS) is 16.0. The molecule has 0 aliphatic rings. The van der Waals surface area contributed by atoms with Crippen molar-refractivity contribution in [2.24, 2.45) is 16.7 Å². The number of carbonyl (C=O) groups excluding carboxylic acids is 1. The van der Waals surface area contributed by atoms with Crippen LogP contribution in [-0.4, -0.2) is 24.3 Å². The predicted molar refractivity (Wildman–Crippen MR) is 92.9 cm³/mol. The summed E-state index contributed by atoms with van der Waals surface area (Å²) in [5.41, 5.74) is 0.146. The average molecular weight is 315 g/mol. The number of hydrogen-bond acceptors (Lipinski definition) is 3. The standard InChI is InChI=1S/C19H38O3/c1-13(2)16(22-15(5)20)11-19(9,10)17(21-14(3)4)12-18(6,7)8/h13-14,16-17H,11-12H2,1-10H3. The highest BCUT2D eigenvalue weighted by Gasteiger charge is 2.37. The first kappa shape index (κ1) is 21.4. The first-order valence-electron chi connectivity index (χ1n) is 8.57. The largest absolute Gasteiger partial charge is 0.462 e. The summed E-state index contributed by atoms with van der Waals surface area (Å²) in [7, 11) is 0. The van der Waals surface area contributed by atoms with E-state index in [1.807, 2.05) is 0 Å². The Morgan fingerprint density at radius 1 is 0.955 bits per heavy atom. The van der Waals surface area contributed by atoms with Crippen molar-refractivity contribution in [3.8, 4) is 0 Å². The van der Waals surface area contributed by atoms with E-state index in [0.29, 0.717) is 5.92 Å². The maximum absolute atomic E-state index is 11.4. The van der Waals surface area contributed by atoms with Gasteiger partial charge in [0, 0.05) is 6.92 Å². The molecule has 132 valence electrons. The van der Waals surface area contributed by atoms with Crippen LogP contribution in [0.3, 0.4) is 0 Å². The first-order valence-corrected chi connectivity index (χ1v) is 8.57. The molecule has 0 aliphatic carbocycles. The molecular weight excluding hydrogens is 276 g/mol. The molecule has 0 N–H and O–H groups in total. The zero-order chi connectivity index (χ0) is 17.7. The van der Waals surface area contributed by atoms with Crippen molar-refractivity contribution in [3.05, 3.63) is 0 Å². The Morgan fingerprint density at radius 2 is 1.45 bits per heavy atom. The molecule has 0 heterocycles. The highest BCUT2D eigenvalue weighted by atomic mass is 16.5. The Balaban J connectivity index is 5.17. The number of rotatable bonds is 8. The molecule has 0 bridgehead atoms. The van der Waals surface area contributed by atoms with Crippen LogP contribution in [0.2, 0.25) is 0 Å². The van der Waals surface area contributed by atoms with Crippen LogP contribution >= 0.6 is 0 Å². The van der Waals surface area contributed by atoms with Crippen LogP contribution in [0.1, 0.15) is 82.1 Å². The Hall–Kier alpha value is -0.570. The molecule has 3 nitrogen and oxygen atoms in total. The van der Waals surface area contributed by atoms with E-state index in [0.717, 1.165) is 12.8 Å². The zero-order valence-electron chi connectivity index (χ0n) is 16.4. The maximum Gasteiger partial charge on any atom is 0.302 e. The first-order chi connectivity index (χ1) is 9.74. The Bertz CT molecular complexity index is 337. The molecule has 0 aromatic rings. The van der Waals surface area contributed by atoms with Gasteiger partial charge in [0.05, 0.1) is 12.2 Å². The molecule has 0 spiro atoms. The van der Waals surface area contributed by atoms with Gasteiger partial charge in [-0.1, -0.05) is 48.5 Å². The van der Waals surface area contributed by atoms with Crippen LogP contribution in [0.15, 0.2) is 0 Å².